The maximum absolute atomic E-state index is 11.4. The van der Waals surface area contributed by atoms with Gasteiger partial charge in [-0.05, 0) is 24.3 Å². The number of amides is 2. The predicted octanol–water partition coefficient (Wildman–Crippen LogP) is -1.03. The third kappa shape index (κ3) is 4.89. The lowest BCUT2D eigenvalue weighted by molar-refractivity contribution is -0.244. The Hall–Kier alpha value is -2.20. The number of aliphatic hydroxyl groups is 3. The lowest BCUT2D eigenvalue weighted by Crippen LogP contribution is -2.65. The Morgan fingerprint density at radius 1 is 1.12 bits per heavy atom. The number of hydrogen-bond acceptors (Lipinski definition) is 7. The van der Waals surface area contributed by atoms with Crippen LogP contribution in [-0.4, -0.2) is 64.4 Å². The summed E-state index contributed by atoms with van der Waals surface area (Å²) >= 11 is 0. The molecule has 25 heavy (non-hydrogen) atoms. The van der Waals surface area contributed by atoms with Gasteiger partial charge in [-0.1, -0.05) is 0 Å². The van der Waals surface area contributed by atoms with Crippen LogP contribution in [-0.2, 0) is 14.3 Å². The molecule has 5 N–H and O–H groups in total. The van der Waals surface area contributed by atoms with Crippen LogP contribution in [0.4, 0.5) is 5.69 Å². The van der Waals surface area contributed by atoms with Gasteiger partial charge in [0, 0.05) is 19.5 Å². The van der Waals surface area contributed by atoms with Crippen LogP contribution in [0.1, 0.15) is 13.8 Å². The fourth-order valence-electron chi connectivity index (χ4n) is 2.53. The molecule has 1 aliphatic heterocycles. The van der Waals surface area contributed by atoms with E-state index in [1.165, 1.54) is 13.8 Å². The minimum Gasteiger partial charge on any atom is -0.463 e. The molecule has 5 unspecified atom stereocenters. The van der Waals surface area contributed by atoms with Crippen molar-refractivity contribution in [2.45, 2.75) is 44.5 Å². The topological polar surface area (TPSA) is 137 Å². The second-order valence-corrected chi connectivity index (χ2v) is 5.76. The van der Waals surface area contributed by atoms with E-state index in [4.69, 9.17) is 9.47 Å². The third-order valence-corrected chi connectivity index (χ3v) is 3.68. The smallest absolute Gasteiger partial charge is 0.223 e. The Kier molecular flexibility index (Phi) is 6.32. The molecule has 0 radical (unpaired) electrons. The molecular formula is C16H22N2O7. The number of rotatable bonds is 5. The molecule has 1 saturated heterocycles. The Bertz CT molecular complexity index is 607. The highest BCUT2D eigenvalue weighted by atomic mass is 16.7. The van der Waals surface area contributed by atoms with Crippen molar-refractivity contribution in [1.82, 2.24) is 5.32 Å². The van der Waals surface area contributed by atoms with Gasteiger partial charge in [0.05, 0.1) is 6.61 Å². The summed E-state index contributed by atoms with van der Waals surface area (Å²) in [7, 11) is 0. The Morgan fingerprint density at radius 3 is 2.28 bits per heavy atom. The lowest BCUT2D eigenvalue weighted by Gasteiger charge is -2.42. The number of hydrogen-bond donors (Lipinski definition) is 5. The van der Waals surface area contributed by atoms with Crippen molar-refractivity contribution < 1.29 is 34.4 Å². The SMILES string of the molecule is CC(=O)Nc1ccc(OC2OC(CO)C(O)C(O)C2NC(C)=O)cc1. The monoisotopic (exact) mass is 354 g/mol. The molecule has 0 aliphatic carbocycles. The Morgan fingerprint density at radius 2 is 1.76 bits per heavy atom. The second-order valence-electron chi connectivity index (χ2n) is 5.76. The van der Waals surface area contributed by atoms with Crippen LogP contribution in [0, 0.1) is 0 Å². The van der Waals surface area contributed by atoms with Gasteiger partial charge < -0.3 is 35.4 Å². The molecule has 1 aliphatic rings. The molecule has 0 aromatic heterocycles. The zero-order valence-corrected chi connectivity index (χ0v) is 13.9. The molecule has 0 spiro atoms. The molecule has 2 amide bonds. The fraction of sp³-hybridized carbons (Fsp3) is 0.500. The van der Waals surface area contributed by atoms with Crippen molar-refractivity contribution in [3.8, 4) is 5.75 Å². The number of aliphatic hydroxyl groups excluding tert-OH is 3. The normalized spacial score (nSPS) is 28.9. The Labute approximate surface area is 144 Å². The van der Waals surface area contributed by atoms with Crippen molar-refractivity contribution in [1.29, 1.82) is 0 Å². The van der Waals surface area contributed by atoms with Gasteiger partial charge in [0.25, 0.3) is 0 Å². The number of nitrogens with one attached hydrogen (secondary N) is 2. The molecule has 1 heterocycles. The minimum atomic E-state index is -1.38. The van der Waals surface area contributed by atoms with Gasteiger partial charge in [-0.3, -0.25) is 9.59 Å². The van der Waals surface area contributed by atoms with Crippen LogP contribution in [0.25, 0.3) is 0 Å². The molecule has 1 aromatic carbocycles. The lowest BCUT2D eigenvalue weighted by atomic mass is 9.97. The molecule has 138 valence electrons. The quantitative estimate of drug-likeness (QED) is 0.456. The van der Waals surface area contributed by atoms with Crippen molar-refractivity contribution in [3.63, 3.8) is 0 Å². The second kappa shape index (κ2) is 8.26. The van der Waals surface area contributed by atoms with Gasteiger partial charge in [-0.15, -0.1) is 0 Å². The summed E-state index contributed by atoms with van der Waals surface area (Å²) < 4.78 is 11.1. The molecule has 2 rings (SSSR count). The zero-order chi connectivity index (χ0) is 18.6. The van der Waals surface area contributed by atoms with E-state index in [1.807, 2.05) is 0 Å². The molecular weight excluding hydrogens is 332 g/mol. The average Bonchev–Trinajstić information content (AvgIpc) is 2.55. The van der Waals surface area contributed by atoms with Crippen LogP contribution in [0.15, 0.2) is 24.3 Å². The summed E-state index contributed by atoms with van der Waals surface area (Å²) in [5, 5.41) is 34.5. The number of benzene rings is 1. The molecule has 1 fully saturated rings. The van der Waals surface area contributed by atoms with Gasteiger partial charge in [-0.2, -0.15) is 0 Å². The predicted molar refractivity (Wildman–Crippen MR) is 86.7 cm³/mol. The van der Waals surface area contributed by atoms with Crippen LogP contribution in [0.3, 0.4) is 0 Å². The first kappa shape index (κ1) is 19.1. The van der Waals surface area contributed by atoms with E-state index in [2.05, 4.69) is 10.6 Å². The van der Waals surface area contributed by atoms with E-state index >= 15 is 0 Å². The largest absolute Gasteiger partial charge is 0.463 e. The van der Waals surface area contributed by atoms with E-state index in [9.17, 15) is 24.9 Å². The maximum atomic E-state index is 11.4. The van der Waals surface area contributed by atoms with Gasteiger partial charge in [0.15, 0.2) is 0 Å². The maximum Gasteiger partial charge on any atom is 0.223 e. The van der Waals surface area contributed by atoms with Crippen LogP contribution >= 0.6 is 0 Å². The Balaban J connectivity index is 2.15. The first-order valence-electron chi connectivity index (χ1n) is 7.75. The van der Waals surface area contributed by atoms with Crippen molar-refractivity contribution in [2.75, 3.05) is 11.9 Å². The highest BCUT2D eigenvalue weighted by molar-refractivity contribution is 5.88. The summed E-state index contributed by atoms with van der Waals surface area (Å²) in [6.07, 6.45) is -4.92. The van der Waals surface area contributed by atoms with Crippen molar-refractivity contribution in [3.05, 3.63) is 24.3 Å². The molecule has 9 nitrogen and oxygen atoms in total. The highest BCUT2D eigenvalue weighted by Gasteiger charge is 2.46. The molecule has 0 saturated carbocycles. The number of carbonyl (C=O) groups excluding carboxylic acids is 2. The molecule has 9 heteroatoms. The number of carbonyl (C=O) groups is 2. The summed E-state index contributed by atoms with van der Waals surface area (Å²) in [4.78, 5) is 22.4. The minimum absolute atomic E-state index is 0.210. The van der Waals surface area contributed by atoms with E-state index in [0.29, 0.717) is 11.4 Å². The van der Waals surface area contributed by atoms with E-state index in [-0.39, 0.29) is 5.91 Å². The zero-order valence-electron chi connectivity index (χ0n) is 13.9. The van der Waals surface area contributed by atoms with Gasteiger partial charge in [-0.25, -0.2) is 0 Å². The first-order valence-corrected chi connectivity index (χ1v) is 7.75. The third-order valence-electron chi connectivity index (χ3n) is 3.68. The average molecular weight is 354 g/mol. The van der Waals surface area contributed by atoms with E-state index in [0.717, 1.165) is 0 Å². The fourth-order valence-corrected chi connectivity index (χ4v) is 2.53. The van der Waals surface area contributed by atoms with Crippen LogP contribution < -0.4 is 15.4 Å². The van der Waals surface area contributed by atoms with Crippen molar-refractivity contribution >= 4 is 17.5 Å². The summed E-state index contributed by atoms with van der Waals surface area (Å²) in [6.45, 7) is 2.13. The summed E-state index contributed by atoms with van der Waals surface area (Å²) in [5.74, 6) is -0.287. The van der Waals surface area contributed by atoms with E-state index < -0.39 is 43.2 Å². The van der Waals surface area contributed by atoms with E-state index in [1.54, 1.807) is 24.3 Å². The van der Waals surface area contributed by atoms with Gasteiger partial charge in [0.2, 0.25) is 18.1 Å². The first-order chi connectivity index (χ1) is 11.8. The summed E-state index contributed by atoms with van der Waals surface area (Å²) in [5.41, 5.74) is 0.575. The van der Waals surface area contributed by atoms with Crippen LogP contribution in [0.5, 0.6) is 5.75 Å². The van der Waals surface area contributed by atoms with Gasteiger partial charge in [0.1, 0.15) is 30.1 Å². The molecule has 1 aromatic rings. The van der Waals surface area contributed by atoms with Gasteiger partial charge >= 0.3 is 0 Å². The number of ether oxygens (including phenoxy) is 2. The summed E-state index contributed by atoms with van der Waals surface area (Å²) in [6, 6.07) is 5.35. The number of anilines is 1. The standard InChI is InChI=1S/C16H22N2O7/c1-8(20)17-10-3-5-11(6-4-10)24-16-13(18-9(2)21)15(23)14(22)12(7-19)25-16/h3-6,12-16,19,22-23H,7H2,1-2H3,(H,17,20)(H,18,21). The molecule has 0 bridgehead atoms. The highest BCUT2D eigenvalue weighted by Crippen LogP contribution is 2.25. The van der Waals surface area contributed by atoms with Crippen LogP contribution in [0.2, 0.25) is 0 Å². The van der Waals surface area contributed by atoms with Crippen molar-refractivity contribution in [2.24, 2.45) is 0 Å². The molecule has 5 atom stereocenters.